The zero-order valence-electron chi connectivity index (χ0n) is 16.0. The van der Waals surface area contributed by atoms with Crippen LogP contribution in [0.1, 0.15) is 30.3 Å². The number of anilines is 2. The Labute approximate surface area is 164 Å². The van der Waals surface area contributed by atoms with Crippen LogP contribution in [0.4, 0.5) is 11.4 Å². The van der Waals surface area contributed by atoms with Crippen LogP contribution in [0, 0.1) is 0 Å². The van der Waals surface area contributed by atoms with Crippen molar-refractivity contribution in [2.24, 2.45) is 0 Å². The molecule has 2 aromatic rings. The van der Waals surface area contributed by atoms with Gasteiger partial charge in [-0.3, -0.25) is 9.78 Å². The summed E-state index contributed by atoms with van der Waals surface area (Å²) < 4.78 is 17.1. The minimum Gasteiger partial charge on any atom is -0.492 e. The van der Waals surface area contributed by atoms with Gasteiger partial charge in [-0.1, -0.05) is 12.1 Å². The molecule has 148 valence electrons. The van der Waals surface area contributed by atoms with E-state index in [1.807, 2.05) is 42.2 Å². The summed E-state index contributed by atoms with van der Waals surface area (Å²) in [5.41, 5.74) is 2.06. The average molecular weight is 383 g/mol. The molecule has 4 rings (SSSR count). The molecule has 2 aliphatic heterocycles. The highest BCUT2D eigenvalue weighted by molar-refractivity contribution is 5.93. The molecule has 0 unspecified atom stereocenters. The predicted molar refractivity (Wildman–Crippen MR) is 105 cm³/mol. The third-order valence-corrected chi connectivity index (χ3v) is 5.07. The summed E-state index contributed by atoms with van der Waals surface area (Å²) in [5.74, 6) is 0.207. The van der Waals surface area contributed by atoms with E-state index in [4.69, 9.17) is 14.2 Å². The zero-order valence-corrected chi connectivity index (χ0v) is 16.0. The molecule has 1 N–H and O–H groups in total. The molecule has 0 atom stereocenters. The van der Waals surface area contributed by atoms with Crippen LogP contribution in [0.3, 0.4) is 0 Å². The van der Waals surface area contributed by atoms with E-state index in [0.29, 0.717) is 51.4 Å². The third kappa shape index (κ3) is 3.95. The minimum absolute atomic E-state index is 0.0745. The lowest BCUT2D eigenvalue weighted by Gasteiger charge is -2.37. The molecule has 0 radical (unpaired) electrons. The number of ether oxygens (including phenoxy) is 3. The summed E-state index contributed by atoms with van der Waals surface area (Å²) in [7, 11) is 0. The first kappa shape index (κ1) is 18.7. The van der Waals surface area contributed by atoms with E-state index in [1.165, 1.54) is 0 Å². The van der Waals surface area contributed by atoms with E-state index in [-0.39, 0.29) is 5.91 Å². The van der Waals surface area contributed by atoms with Gasteiger partial charge in [-0.25, -0.2) is 0 Å². The fourth-order valence-corrected chi connectivity index (χ4v) is 3.63. The van der Waals surface area contributed by atoms with Crippen LogP contribution < -0.4 is 10.1 Å². The summed E-state index contributed by atoms with van der Waals surface area (Å²) in [6, 6.07) is 11.3. The molecule has 1 spiro atoms. The first-order valence-corrected chi connectivity index (χ1v) is 9.71. The van der Waals surface area contributed by atoms with Crippen LogP contribution in [0.25, 0.3) is 0 Å². The fourth-order valence-electron chi connectivity index (χ4n) is 3.63. The number of hydrogen-bond acceptors (Lipinski definition) is 6. The SMILES string of the molecule is CCOc1ccccc1Nc1ccnc(C(=O)N2CCC3(CC2)OCCO3)c1. The Hall–Kier alpha value is -2.64. The number of benzene rings is 1. The van der Waals surface area contributed by atoms with Crippen LogP contribution in [-0.2, 0) is 9.47 Å². The summed E-state index contributed by atoms with van der Waals surface area (Å²) in [6.45, 7) is 5.00. The van der Waals surface area contributed by atoms with Crippen LogP contribution in [0.2, 0.25) is 0 Å². The number of rotatable bonds is 5. The lowest BCUT2D eigenvalue weighted by molar-refractivity contribution is -0.181. The normalized spacial score (nSPS) is 18.2. The van der Waals surface area contributed by atoms with Crippen molar-refractivity contribution in [3.8, 4) is 5.75 Å². The Morgan fingerprint density at radius 3 is 2.71 bits per heavy atom. The van der Waals surface area contributed by atoms with E-state index in [1.54, 1.807) is 12.3 Å². The largest absolute Gasteiger partial charge is 0.492 e. The summed E-state index contributed by atoms with van der Waals surface area (Å²) >= 11 is 0. The number of aromatic nitrogens is 1. The molecule has 3 heterocycles. The van der Waals surface area contributed by atoms with Crippen LogP contribution >= 0.6 is 0 Å². The maximum Gasteiger partial charge on any atom is 0.272 e. The molecule has 0 saturated carbocycles. The number of pyridine rings is 1. The zero-order chi connectivity index (χ0) is 19.4. The maximum atomic E-state index is 12.9. The van der Waals surface area contributed by atoms with Crippen molar-refractivity contribution in [1.82, 2.24) is 9.88 Å². The van der Waals surface area contributed by atoms with Crippen molar-refractivity contribution in [2.75, 3.05) is 38.2 Å². The number of para-hydroxylation sites is 2. The van der Waals surface area contributed by atoms with Crippen LogP contribution in [-0.4, -0.2) is 54.5 Å². The fraction of sp³-hybridized carbons (Fsp3) is 0.429. The number of carbonyl (C=O) groups is 1. The Morgan fingerprint density at radius 2 is 1.96 bits per heavy atom. The van der Waals surface area contributed by atoms with Gasteiger partial charge in [-0.05, 0) is 31.2 Å². The van der Waals surface area contributed by atoms with Gasteiger partial charge in [0.2, 0.25) is 0 Å². The van der Waals surface area contributed by atoms with Crippen LogP contribution in [0.5, 0.6) is 5.75 Å². The van der Waals surface area contributed by atoms with Crippen LogP contribution in [0.15, 0.2) is 42.6 Å². The molecular formula is C21H25N3O4. The molecule has 0 bridgehead atoms. The molecule has 7 nitrogen and oxygen atoms in total. The van der Waals surface area contributed by atoms with Gasteiger partial charge in [0, 0.05) is 37.8 Å². The number of carbonyl (C=O) groups excluding carboxylic acids is 1. The lowest BCUT2D eigenvalue weighted by atomic mass is 10.0. The second kappa shape index (κ2) is 8.16. The molecule has 7 heteroatoms. The molecule has 2 aliphatic rings. The number of nitrogens with one attached hydrogen (secondary N) is 1. The van der Waals surface area contributed by atoms with E-state index >= 15 is 0 Å². The monoisotopic (exact) mass is 383 g/mol. The molecule has 0 aliphatic carbocycles. The highest BCUT2D eigenvalue weighted by atomic mass is 16.7. The molecule has 28 heavy (non-hydrogen) atoms. The van der Waals surface area contributed by atoms with E-state index < -0.39 is 5.79 Å². The van der Waals surface area contributed by atoms with Crippen molar-refractivity contribution in [3.63, 3.8) is 0 Å². The first-order chi connectivity index (χ1) is 13.7. The van der Waals surface area contributed by atoms with Crippen molar-refractivity contribution in [3.05, 3.63) is 48.3 Å². The molecule has 1 aromatic heterocycles. The summed E-state index contributed by atoms with van der Waals surface area (Å²) in [5, 5.41) is 3.32. The van der Waals surface area contributed by atoms with Crippen molar-refractivity contribution >= 4 is 17.3 Å². The third-order valence-electron chi connectivity index (χ3n) is 5.07. The Morgan fingerprint density at radius 1 is 1.21 bits per heavy atom. The number of piperidine rings is 1. The van der Waals surface area contributed by atoms with Gasteiger partial charge in [0.25, 0.3) is 5.91 Å². The van der Waals surface area contributed by atoms with Gasteiger partial charge in [-0.15, -0.1) is 0 Å². The molecule has 2 fully saturated rings. The minimum atomic E-state index is -0.489. The molecule has 1 amide bonds. The van der Waals surface area contributed by atoms with E-state index in [2.05, 4.69) is 10.3 Å². The highest BCUT2D eigenvalue weighted by Crippen LogP contribution is 2.32. The number of likely N-dealkylation sites (tertiary alicyclic amines) is 1. The lowest BCUT2D eigenvalue weighted by Crippen LogP contribution is -2.47. The van der Waals surface area contributed by atoms with Gasteiger partial charge in [0.15, 0.2) is 5.79 Å². The molecule has 2 saturated heterocycles. The van der Waals surface area contributed by atoms with Gasteiger partial charge in [0.05, 0.1) is 25.5 Å². The Balaban J connectivity index is 1.44. The van der Waals surface area contributed by atoms with Gasteiger partial charge >= 0.3 is 0 Å². The van der Waals surface area contributed by atoms with Gasteiger partial charge in [-0.2, -0.15) is 0 Å². The standard InChI is InChI=1S/C21H25N3O4/c1-2-26-19-6-4-3-5-17(19)23-16-7-10-22-18(15-16)20(25)24-11-8-21(9-12-24)27-13-14-28-21/h3-7,10,15H,2,8-9,11-14H2,1H3,(H,22,23). The highest BCUT2D eigenvalue weighted by Gasteiger charge is 2.41. The topological polar surface area (TPSA) is 72.9 Å². The predicted octanol–water partition coefficient (Wildman–Crippen LogP) is 3.20. The van der Waals surface area contributed by atoms with Crippen molar-refractivity contribution in [1.29, 1.82) is 0 Å². The number of amides is 1. The Bertz CT molecular complexity index is 826. The second-order valence-electron chi connectivity index (χ2n) is 6.88. The number of hydrogen-bond donors (Lipinski definition) is 1. The first-order valence-electron chi connectivity index (χ1n) is 9.71. The summed E-state index contributed by atoms with van der Waals surface area (Å²) in [6.07, 6.45) is 3.03. The van der Waals surface area contributed by atoms with Gasteiger partial charge in [0.1, 0.15) is 11.4 Å². The molecular weight excluding hydrogens is 358 g/mol. The van der Waals surface area contributed by atoms with Crippen molar-refractivity contribution in [2.45, 2.75) is 25.6 Å². The van der Waals surface area contributed by atoms with E-state index in [9.17, 15) is 4.79 Å². The van der Waals surface area contributed by atoms with E-state index in [0.717, 1.165) is 17.1 Å². The van der Waals surface area contributed by atoms with Gasteiger partial charge < -0.3 is 24.4 Å². The summed E-state index contributed by atoms with van der Waals surface area (Å²) in [4.78, 5) is 19.0. The average Bonchev–Trinajstić information content (AvgIpc) is 3.18. The quantitative estimate of drug-likeness (QED) is 0.855. The second-order valence-corrected chi connectivity index (χ2v) is 6.88. The maximum absolute atomic E-state index is 12.9. The smallest absolute Gasteiger partial charge is 0.272 e. The number of nitrogens with zero attached hydrogens (tertiary/aromatic N) is 2. The molecule has 1 aromatic carbocycles. The Kier molecular flexibility index (Phi) is 5.45. The van der Waals surface area contributed by atoms with Crippen molar-refractivity contribution < 1.29 is 19.0 Å².